The second-order valence-corrected chi connectivity index (χ2v) is 4.10. The van der Waals surface area contributed by atoms with E-state index in [-0.39, 0.29) is 0 Å². The van der Waals surface area contributed by atoms with E-state index >= 15 is 0 Å². The molecule has 0 spiro atoms. The molecule has 0 aliphatic rings. The minimum absolute atomic E-state index is 0.509. The van der Waals surface area contributed by atoms with Crippen molar-refractivity contribution in [3.63, 3.8) is 0 Å². The predicted octanol–water partition coefficient (Wildman–Crippen LogP) is 2.50. The van der Waals surface area contributed by atoms with Crippen LogP contribution in [0, 0.1) is 0 Å². The number of halogens is 1. The molecule has 0 aromatic heterocycles. The van der Waals surface area contributed by atoms with Gasteiger partial charge in [0.25, 0.3) is 0 Å². The highest BCUT2D eigenvalue weighted by Crippen LogP contribution is 2.28. The third-order valence-electron chi connectivity index (χ3n) is 2.06. The Hall–Kier alpha value is -0.780. The van der Waals surface area contributed by atoms with Crippen LogP contribution in [0.2, 0.25) is 0 Å². The topological polar surface area (TPSA) is 36.9 Å². The number of benzene rings is 1. The van der Waals surface area contributed by atoms with Crippen LogP contribution in [-0.2, 0) is 9.47 Å². The SMILES string of the molecule is COCCOCCOc1ccc(OC)cc1Br. The molecule has 0 aliphatic carbocycles. The third kappa shape index (κ3) is 5.39. The number of rotatable bonds is 8. The molecule has 0 N–H and O–H groups in total. The maximum Gasteiger partial charge on any atom is 0.133 e. The standard InChI is InChI=1S/C12H17BrO4/c1-14-5-6-16-7-8-17-12-4-3-10(15-2)9-11(12)13/h3-4,9H,5-8H2,1-2H3. The highest BCUT2D eigenvalue weighted by Gasteiger charge is 2.02. The molecule has 0 unspecified atom stereocenters. The van der Waals surface area contributed by atoms with Gasteiger partial charge in [0.2, 0.25) is 0 Å². The third-order valence-corrected chi connectivity index (χ3v) is 2.68. The summed E-state index contributed by atoms with van der Waals surface area (Å²) in [5, 5.41) is 0. The zero-order valence-electron chi connectivity index (χ0n) is 10.1. The highest BCUT2D eigenvalue weighted by molar-refractivity contribution is 9.10. The molecule has 0 radical (unpaired) electrons. The molecule has 0 amide bonds. The summed E-state index contributed by atoms with van der Waals surface area (Å²) in [4.78, 5) is 0. The molecule has 5 heteroatoms. The van der Waals surface area contributed by atoms with Gasteiger partial charge in [0.05, 0.1) is 31.4 Å². The molecule has 17 heavy (non-hydrogen) atoms. The minimum atomic E-state index is 0.509. The van der Waals surface area contributed by atoms with Gasteiger partial charge in [-0.25, -0.2) is 0 Å². The summed E-state index contributed by atoms with van der Waals surface area (Å²) >= 11 is 3.42. The van der Waals surface area contributed by atoms with Gasteiger partial charge >= 0.3 is 0 Å². The maximum absolute atomic E-state index is 5.55. The smallest absolute Gasteiger partial charge is 0.133 e. The van der Waals surface area contributed by atoms with Gasteiger partial charge in [-0.15, -0.1) is 0 Å². The molecular weight excluding hydrogens is 288 g/mol. The molecule has 0 heterocycles. The van der Waals surface area contributed by atoms with Crippen molar-refractivity contribution in [1.29, 1.82) is 0 Å². The first-order valence-electron chi connectivity index (χ1n) is 5.31. The number of hydrogen-bond donors (Lipinski definition) is 0. The fourth-order valence-corrected chi connectivity index (χ4v) is 1.65. The molecule has 0 fully saturated rings. The molecule has 96 valence electrons. The van der Waals surface area contributed by atoms with E-state index in [4.69, 9.17) is 18.9 Å². The summed E-state index contributed by atoms with van der Waals surface area (Å²) < 4.78 is 21.7. The van der Waals surface area contributed by atoms with Crippen LogP contribution in [0.5, 0.6) is 11.5 Å². The number of hydrogen-bond acceptors (Lipinski definition) is 4. The van der Waals surface area contributed by atoms with Crippen LogP contribution >= 0.6 is 15.9 Å². The van der Waals surface area contributed by atoms with E-state index in [9.17, 15) is 0 Å². The lowest BCUT2D eigenvalue weighted by molar-refractivity contribution is 0.0543. The van der Waals surface area contributed by atoms with Crippen molar-refractivity contribution in [3.05, 3.63) is 22.7 Å². The molecule has 0 saturated heterocycles. The zero-order valence-corrected chi connectivity index (χ0v) is 11.7. The Bertz CT molecular complexity index is 330. The van der Waals surface area contributed by atoms with Gasteiger partial charge in [-0.1, -0.05) is 0 Å². The summed E-state index contributed by atoms with van der Waals surface area (Å²) in [5.41, 5.74) is 0. The van der Waals surface area contributed by atoms with Crippen LogP contribution < -0.4 is 9.47 Å². The monoisotopic (exact) mass is 304 g/mol. The van der Waals surface area contributed by atoms with E-state index < -0.39 is 0 Å². The average Bonchev–Trinajstić information content (AvgIpc) is 2.35. The van der Waals surface area contributed by atoms with E-state index in [1.54, 1.807) is 14.2 Å². The Morgan fingerprint density at radius 1 is 1.06 bits per heavy atom. The van der Waals surface area contributed by atoms with Crippen molar-refractivity contribution >= 4 is 15.9 Å². The van der Waals surface area contributed by atoms with E-state index in [0.29, 0.717) is 26.4 Å². The molecule has 1 rings (SSSR count). The van der Waals surface area contributed by atoms with Crippen molar-refractivity contribution in [2.75, 3.05) is 40.6 Å². The molecule has 0 saturated carbocycles. The van der Waals surface area contributed by atoms with Crippen LogP contribution in [0.25, 0.3) is 0 Å². The van der Waals surface area contributed by atoms with Gasteiger partial charge in [0.1, 0.15) is 18.1 Å². The fraction of sp³-hybridized carbons (Fsp3) is 0.500. The predicted molar refractivity (Wildman–Crippen MR) is 68.9 cm³/mol. The first-order valence-corrected chi connectivity index (χ1v) is 6.10. The molecule has 1 aromatic carbocycles. The molecular formula is C12H17BrO4. The Kier molecular flexibility index (Phi) is 7.00. The molecule has 0 bridgehead atoms. The Balaban J connectivity index is 2.27. The van der Waals surface area contributed by atoms with Crippen molar-refractivity contribution < 1.29 is 18.9 Å². The summed E-state index contributed by atoms with van der Waals surface area (Å²) in [5.74, 6) is 1.57. The second kappa shape index (κ2) is 8.33. The van der Waals surface area contributed by atoms with Crippen molar-refractivity contribution in [2.45, 2.75) is 0 Å². The van der Waals surface area contributed by atoms with Crippen LogP contribution in [0.3, 0.4) is 0 Å². The largest absolute Gasteiger partial charge is 0.497 e. The van der Waals surface area contributed by atoms with E-state index in [0.717, 1.165) is 16.0 Å². The molecule has 4 nitrogen and oxygen atoms in total. The Morgan fingerprint density at radius 2 is 1.82 bits per heavy atom. The fourth-order valence-electron chi connectivity index (χ4n) is 1.18. The van der Waals surface area contributed by atoms with Gasteiger partial charge in [0, 0.05) is 7.11 Å². The summed E-state index contributed by atoms with van der Waals surface area (Å²) in [7, 11) is 3.28. The first kappa shape index (κ1) is 14.3. The lowest BCUT2D eigenvalue weighted by Gasteiger charge is -2.09. The van der Waals surface area contributed by atoms with Crippen molar-refractivity contribution in [1.82, 2.24) is 0 Å². The summed E-state index contributed by atoms with van der Waals surface area (Å²) in [6.07, 6.45) is 0. The lowest BCUT2D eigenvalue weighted by atomic mass is 10.3. The second-order valence-electron chi connectivity index (χ2n) is 3.25. The molecule has 0 atom stereocenters. The number of ether oxygens (including phenoxy) is 4. The maximum atomic E-state index is 5.55. The van der Waals surface area contributed by atoms with Crippen molar-refractivity contribution in [3.8, 4) is 11.5 Å². The minimum Gasteiger partial charge on any atom is -0.497 e. The lowest BCUT2D eigenvalue weighted by Crippen LogP contribution is -2.10. The van der Waals surface area contributed by atoms with Crippen LogP contribution in [-0.4, -0.2) is 40.6 Å². The summed E-state index contributed by atoms with van der Waals surface area (Å²) in [6.45, 7) is 2.24. The zero-order chi connectivity index (χ0) is 12.5. The normalized spacial score (nSPS) is 10.3. The van der Waals surface area contributed by atoms with Gasteiger partial charge in [-0.2, -0.15) is 0 Å². The Labute approximate surface area is 110 Å². The van der Waals surface area contributed by atoms with Crippen molar-refractivity contribution in [2.24, 2.45) is 0 Å². The highest BCUT2D eigenvalue weighted by atomic mass is 79.9. The number of methoxy groups -OCH3 is 2. The summed E-state index contributed by atoms with van der Waals surface area (Å²) in [6, 6.07) is 5.57. The van der Waals surface area contributed by atoms with E-state index in [1.807, 2.05) is 18.2 Å². The Morgan fingerprint density at radius 3 is 2.47 bits per heavy atom. The van der Waals surface area contributed by atoms with Gasteiger partial charge in [-0.3, -0.25) is 0 Å². The van der Waals surface area contributed by atoms with Gasteiger partial charge in [-0.05, 0) is 34.1 Å². The van der Waals surface area contributed by atoms with Crippen LogP contribution in [0.15, 0.2) is 22.7 Å². The average molecular weight is 305 g/mol. The van der Waals surface area contributed by atoms with Crippen LogP contribution in [0.4, 0.5) is 0 Å². The molecule has 0 aliphatic heterocycles. The van der Waals surface area contributed by atoms with E-state index in [1.165, 1.54) is 0 Å². The molecule has 1 aromatic rings. The van der Waals surface area contributed by atoms with Gasteiger partial charge < -0.3 is 18.9 Å². The van der Waals surface area contributed by atoms with Crippen LogP contribution in [0.1, 0.15) is 0 Å². The van der Waals surface area contributed by atoms with Gasteiger partial charge in [0.15, 0.2) is 0 Å². The first-order chi connectivity index (χ1) is 8.27. The van der Waals surface area contributed by atoms with E-state index in [2.05, 4.69) is 15.9 Å². The quantitative estimate of drug-likeness (QED) is 0.692.